The van der Waals surface area contributed by atoms with Gasteiger partial charge in [-0.3, -0.25) is 4.79 Å². The molecule has 3 nitrogen and oxygen atoms in total. The number of ether oxygens (including phenoxy) is 1. The van der Waals surface area contributed by atoms with Crippen LogP contribution >= 0.6 is 11.6 Å². The molecule has 0 saturated carbocycles. The third-order valence-corrected chi connectivity index (χ3v) is 3.88. The second kappa shape index (κ2) is 7.22. The van der Waals surface area contributed by atoms with Gasteiger partial charge in [0.05, 0.1) is 5.02 Å². The number of amides is 1. The first kappa shape index (κ1) is 18.3. The molecular formula is C19H21ClFNO2. The summed E-state index contributed by atoms with van der Waals surface area (Å²) in [5.74, 6) is -0.252. The SMILES string of the molecule is C[C@H](Oc1ccc(C(C)(C)C)cc1)C(=O)Nc1ccc(F)c(Cl)c1. The van der Waals surface area contributed by atoms with Crippen molar-refractivity contribution in [3.63, 3.8) is 0 Å². The van der Waals surface area contributed by atoms with Crippen molar-refractivity contribution in [1.29, 1.82) is 0 Å². The molecule has 0 bridgehead atoms. The fraction of sp³-hybridized carbons (Fsp3) is 0.316. The topological polar surface area (TPSA) is 38.3 Å². The molecule has 1 amide bonds. The van der Waals surface area contributed by atoms with Crippen LogP contribution in [0.15, 0.2) is 42.5 Å². The molecule has 0 aliphatic rings. The van der Waals surface area contributed by atoms with Gasteiger partial charge in [-0.1, -0.05) is 44.5 Å². The van der Waals surface area contributed by atoms with Crippen LogP contribution in [-0.4, -0.2) is 12.0 Å². The summed E-state index contributed by atoms with van der Waals surface area (Å²) >= 11 is 5.70. The predicted molar refractivity (Wildman–Crippen MR) is 95.3 cm³/mol. The zero-order valence-corrected chi connectivity index (χ0v) is 14.9. The molecule has 2 aromatic rings. The molecule has 0 aliphatic carbocycles. The molecular weight excluding hydrogens is 329 g/mol. The predicted octanol–water partition coefficient (Wildman–Crippen LogP) is 5.18. The Kier molecular flexibility index (Phi) is 5.50. The fourth-order valence-electron chi connectivity index (χ4n) is 2.11. The van der Waals surface area contributed by atoms with E-state index in [1.807, 2.05) is 24.3 Å². The summed E-state index contributed by atoms with van der Waals surface area (Å²) in [7, 11) is 0. The average Bonchev–Trinajstić information content (AvgIpc) is 2.50. The summed E-state index contributed by atoms with van der Waals surface area (Å²) in [6.07, 6.45) is -0.700. The van der Waals surface area contributed by atoms with Gasteiger partial charge in [0.15, 0.2) is 6.10 Å². The van der Waals surface area contributed by atoms with Crippen LogP contribution in [0.1, 0.15) is 33.3 Å². The van der Waals surface area contributed by atoms with Gasteiger partial charge >= 0.3 is 0 Å². The maximum atomic E-state index is 13.1. The van der Waals surface area contributed by atoms with Gasteiger partial charge in [0.1, 0.15) is 11.6 Å². The monoisotopic (exact) mass is 349 g/mol. The van der Waals surface area contributed by atoms with Crippen molar-refractivity contribution in [2.45, 2.75) is 39.2 Å². The number of nitrogens with one attached hydrogen (secondary N) is 1. The molecule has 1 N–H and O–H groups in total. The quantitative estimate of drug-likeness (QED) is 0.825. The summed E-state index contributed by atoms with van der Waals surface area (Å²) in [5, 5.41) is 2.61. The van der Waals surface area contributed by atoms with Crippen molar-refractivity contribution in [2.24, 2.45) is 0 Å². The van der Waals surface area contributed by atoms with Crippen molar-refractivity contribution >= 4 is 23.2 Å². The number of anilines is 1. The molecule has 0 spiro atoms. The van der Waals surface area contributed by atoms with E-state index in [2.05, 4.69) is 26.1 Å². The summed E-state index contributed by atoms with van der Waals surface area (Å²) in [4.78, 5) is 12.2. The smallest absolute Gasteiger partial charge is 0.265 e. The van der Waals surface area contributed by atoms with E-state index >= 15 is 0 Å². The molecule has 128 valence electrons. The second-order valence-corrected chi connectivity index (χ2v) is 7.06. The number of hydrogen-bond acceptors (Lipinski definition) is 2. The van der Waals surface area contributed by atoms with Gasteiger partial charge in [-0.15, -0.1) is 0 Å². The molecule has 0 radical (unpaired) electrons. The van der Waals surface area contributed by atoms with Crippen LogP contribution in [0, 0.1) is 5.82 Å². The van der Waals surface area contributed by atoms with Gasteiger partial charge in [0.2, 0.25) is 0 Å². The summed E-state index contributed by atoms with van der Waals surface area (Å²) in [5.41, 5.74) is 1.67. The Morgan fingerprint density at radius 3 is 2.33 bits per heavy atom. The van der Waals surface area contributed by atoms with Crippen LogP contribution in [0.3, 0.4) is 0 Å². The maximum Gasteiger partial charge on any atom is 0.265 e. The van der Waals surface area contributed by atoms with E-state index in [9.17, 15) is 9.18 Å². The number of rotatable bonds is 4. The molecule has 0 heterocycles. The highest BCUT2D eigenvalue weighted by molar-refractivity contribution is 6.31. The van der Waals surface area contributed by atoms with Crippen LogP contribution in [0.4, 0.5) is 10.1 Å². The molecule has 0 aromatic heterocycles. The Morgan fingerprint density at radius 1 is 1.17 bits per heavy atom. The molecule has 0 fully saturated rings. The standard InChI is InChI=1S/C19H21ClFNO2/c1-12(18(23)22-14-7-10-17(21)16(20)11-14)24-15-8-5-13(6-9-15)19(2,3)4/h5-12H,1-4H3,(H,22,23)/t12-/m0/s1. The van der Waals surface area contributed by atoms with Crippen molar-refractivity contribution in [2.75, 3.05) is 5.32 Å². The molecule has 2 aromatic carbocycles. The van der Waals surface area contributed by atoms with Gasteiger partial charge in [0, 0.05) is 5.69 Å². The van der Waals surface area contributed by atoms with Crippen LogP contribution in [-0.2, 0) is 10.2 Å². The van der Waals surface area contributed by atoms with Crippen molar-refractivity contribution in [3.8, 4) is 5.75 Å². The lowest BCUT2D eigenvalue weighted by atomic mass is 9.87. The zero-order chi connectivity index (χ0) is 17.9. The van der Waals surface area contributed by atoms with Crippen LogP contribution in [0.25, 0.3) is 0 Å². The molecule has 5 heteroatoms. The van der Waals surface area contributed by atoms with Crippen LogP contribution < -0.4 is 10.1 Å². The third-order valence-electron chi connectivity index (χ3n) is 3.59. The summed E-state index contributed by atoms with van der Waals surface area (Å²) in [6.45, 7) is 8.05. The van der Waals surface area contributed by atoms with E-state index in [1.165, 1.54) is 23.8 Å². The minimum Gasteiger partial charge on any atom is -0.481 e. The first-order valence-corrected chi connectivity index (χ1v) is 8.08. The number of carbonyl (C=O) groups is 1. The van der Waals surface area contributed by atoms with E-state index in [0.29, 0.717) is 11.4 Å². The van der Waals surface area contributed by atoms with Gasteiger partial charge in [-0.25, -0.2) is 4.39 Å². The lowest BCUT2D eigenvalue weighted by molar-refractivity contribution is -0.122. The van der Waals surface area contributed by atoms with Gasteiger partial charge < -0.3 is 10.1 Å². The Bertz CT molecular complexity index is 723. The lowest BCUT2D eigenvalue weighted by Gasteiger charge is -2.20. The Labute approximate surface area is 146 Å². The average molecular weight is 350 g/mol. The van der Waals surface area contributed by atoms with Crippen LogP contribution in [0.5, 0.6) is 5.75 Å². The number of hydrogen-bond donors (Lipinski definition) is 1. The second-order valence-electron chi connectivity index (χ2n) is 6.65. The van der Waals surface area contributed by atoms with Gasteiger partial charge in [-0.05, 0) is 48.2 Å². The zero-order valence-electron chi connectivity index (χ0n) is 14.2. The van der Waals surface area contributed by atoms with Crippen LogP contribution in [0.2, 0.25) is 5.02 Å². The molecule has 1 atom stereocenters. The lowest BCUT2D eigenvalue weighted by Crippen LogP contribution is -2.30. The first-order valence-electron chi connectivity index (χ1n) is 7.70. The molecule has 2 rings (SSSR count). The van der Waals surface area contributed by atoms with Crippen molar-refractivity contribution in [1.82, 2.24) is 0 Å². The Balaban J connectivity index is 1.99. The highest BCUT2D eigenvalue weighted by Gasteiger charge is 2.17. The Morgan fingerprint density at radius 2 is 1.79 bits per heavy atom. The van der Waals surface area contributed by atoms with Crippen molar-refractivity contribution < 1.29 is 13.9 Å². The highest BCUT2D eigenvalue weighted by atomic mass is 35.5. The molecule has 0 unspecified atom stereocenters. The summed E-state index contributed by atoms with van der Waals surface area (Å²) in [6, 6.07) is 11.7. The van der Waals surface area contributed by atoms with E-state index < -0.39 is 11.9 Å². The normalized spacial score (nSPS) is 12.6. The van der Waals surface area contributed by atoms with Crippen molar-refractivity contribution in [3.05, 3.63) is 58.9 Å². The number of benzene rings is 2. The molecule has 24 heavy (non-hydrogen) atoms. The van der Waals surface area contributed by atoms with E-state index in [4.69, 9.17) is 16.3 Å². The summed E-state index contributed by atoms with van der Waals surface area (Å²) < 4.78 is 18.8. The van der Waals surface area contributed by atoms with Gasteiger partial charge in [0.25, 0.3) is 5.91 Å². The van der Waals surface area contributed by atoms with Gasteiger partial charge in [-0.2, -0.15) is 0 Å². The number of carbonyl (C=O) groups excluding carboxylic acids is 1. The third kappa shape index (κ3) is 4.71. The minimum atomic E-state index is -0.700. The minimum absolute atomic E-state index is 0.0425. The fourth-order valence-corrected chi connectivity index (χ4v) is 2.29. The van der Waals surface area contributed by atoms with E-state index in [0.717, 1.165) is 0 Å². The van der Waals surface area contributed by atoms with E-state index in [-0.39, 0.29) is 16.3 Å². The first-order chi connectivity index (χ1) is 11.2. The Hall–Kier alpha value is -2.07. The maximum absolute atomic E-state index is 13.1. The van der Waals surface area contributed by atoms with E-state index in [1.54, 1.807) is 6.92 Å². The molecule has 0 aliphatic heterocycles. The number of halogens is 2. The molecule has 0 saturated heterocycles. The largest absolute Gasteiger partial charge is 0.481 e. The highest BCUT2D eigenvalue weighted by Crippen LogP contribution is 2.25.